The Balaban J connectivity index is 0.811. The minimum atomic E-state index is 0.581. The molecule has 0 unspecified atom stereocenters. The maximum atomic E-state index is 5.79. The molecule has 0 bridgehead atoms. The molecule has 0 aliphatic carbocycles. The molecule has 19 rings (SSSR count). The van der Waals surface area contributed by atoms with Gasteiger partial charge in [-0.25, -0.2) is 9.97 Å². The zero-order valence-electron chi connectivity index (χ0n) is 51.0. The zero-order valence-corrected chi connectivity index (χ0v) is 51.0. The summed E-state index contributed by atoms with van der Waals surface area (Å²) in [5, 5.41) is 9.50. The summed E-state index contributed by atoms with van der Waals surface area (Å²) in [6.07, 6.45) is 0. The molecule has 0 N–H and O–H groups in total. The van der Waals surface area contributed by atoms with Crippen molar-refractivity contribution in [3.63, 3.8) is 0 Å². The zero-order chi connectivity index (χ0) is 61.8. The molecule has 0 amide bonds. The minimum Gasteiger partial charge on any atom is -0.309 e. The summed E-state index contributed by atoms with van der Waals surface area (Å²) in [5.41, 5.74) is 24.9. The van der Waals surface area contributed by atoms with Crippen molar-refractivity contribution in [2.75, 3.05) is 0 Å². The lowest BCUT2D eigenvalue weighted by Gasteiger charge is -2.18. The van der Waals surface area contributed by atoms with Crippen molar-refractivity contribution < 1.29 is 0 Å². The Bertz CT molecular complexity index is 6210. The quantitative estimate of drug-likeness (QED) is 0.137. The molecule has 0 saturated heterocycles. The van der Waals surface area contributed by atoms with Gasteiger partial charge in [0, 0.05) is 71.3 Å². The highest BCUT2D eigenvalue weighted by atomic mass is 15.2. The molecule has 6 heteroatoms. The van der Waals surface area contributed by atoms with E-state index < -0.39 is 0 Å². The monoisotopic (exact) mass is 1200 g/mol. The van der Waals surface area contributed by atoms with E-state index in [1.54, 1.807) is 0 Å². The lowest BCUT2D eigenvalue weighted by molar-refractivity contribution is 0.995. The Hall–Kier alpha value is -12.6. The van der Waals surface area contributed by atoms with Crippen molar-refractivity contribution in [2.24, 2.45) is 0 Å². The molecule has 19 aromatic rings. The van der Waals surface area contributed by atoms with E-state index >= 15 is 0 Å². The molecule has 0 spiro atoms. The van der Waals surface area contributed by atoms with E-state index in [-0.39, 0.29) is 0 Å². The summed E-state index contributed by atoms with van der Waals surface area (Å²) in [6.45, 7) is 0. The normalized spacial score (nSPS) is 11.8. The fraction of sp³-hybridized carbons (Fsp3) is 0. The van der Waals surface area contributed by atoms with Gasteiger partial charge in [0.25, 0.3) is 0 Å². The molecule has 94 heavy (non-hydrogen) atoms. The Kier molecular flexibility index (Phi) is 12.2. The van der Waals surface area contributed by atoms with Gasteiger partial charge in [-0.15, -0.1) is 0 Å². The van der Waals surface area contributed by atoms with Crippen LogP contribution in [0.15, 0.2) is 340 Å². The van der Waals surface area contributed by atoms with Gasteiger partial charge in [-0.1, -0.05) is 237 Å². The van der Waals surface area contributed by atoms with Crippen molar-refractivity contribution in [1.29, 1.82) is 0 Å². The number of rotatable bonds is 10. The highest BCUT2D eigenvalue weighted by molar-refractivity contribution is 6.15. The van der Waals surface area contributed by atoms with E-state index in [0.29, 0.717) is 5.95 Å². The third-order valence-corrected chi connectivity index (χ3v) is 19.2. The van der Waals surface area contributed by atoms with Crippen molar-refractivity contribution >= 4 is 87.2 Å². The van der Waals surface area contributed by atoms with E-state index in [9.17, 15) is 0 Å². The molecule has 0 radical (unpaired) electrons. The molecular formula is C88H56N6. The molecule has 5 heterocycles. The highest BCUT2D eigenvalue weighted by Gasteiger charge is 2.23. The van der Waals surface area contributed by atoms with E-state index in [1.807, 2.05) is 0 Å². The second kappa shape index (κ2) is 21.5. The standard InChI is InChI=1S/C88H56N6/c1-5-23-57(24-6-1)67-37-22-38-74(87(67)58-25-7-2-8-26-58)78-56-77(89-88(90-78)94-82-42-20-14-34-69(82)73-48-44-62(55-86(73)94)60-46-50-84-76(53-60)71-36-16-19-41-81(71)92(84)65-30-11-4-12-31-65)63-27-21-32-66(51-63)93-79-39-17-13-33-68(79)72-47-43-61(54-85(72)93)59-45-49-83-75(52-59)70-35-15-18-40-80(70)91(83)64-28-9-3-10-29-64/h1-56H. The van der Waals surface area contributed by atoms with Crippen molar-refractivity contribution in [3.8, 4) is 90.0 Å². The molecule has 0 atom stereocenters. The summed E-state index contributed by atoms with van der Waals surface area (Å²) in [5.74, 6) is 0.581. The van der Waals surface area contributed by atoms with Gasteiger partial charge in [0.1, 0.15) is 0 Å². The van der Waals surface area contributed by atoms with E-state index in [4.69, 9.17) is 9.97 Å². The Labute approximate surface area is 542 Å². The Morgan fingerprint density at radius 2 is 0.543 bits per heavy atom. The van der Waals surface area contributed by atoms with Crippen LogP contribution in [0.1, 0.15) is 0 Å². The van der Waals surface area contributed by atoms with Crippen LogP contribution in [-0.2, 0) is 0 Å². The predicted octanol–water partition coefficient (Wildman–Crippen LogP) is 22.9. The first-order valence-electron chi connectivity index (χ1n) is 32.1. The van der Waals surface area contributed by atoms with Crippen LogP contribution in [0.2, 0.25) is 0 Å². The number of aromatic nitrogens is 6. The summed E-state index contributed by atoms with van der Waals surface area (Å²) in [6, 6.07) is 123. The minimum absolute atomic E-state index is 0.581. The summed E-state index contributed by atoms with van der Waals surface area (Å²) in [4.78, 5) is 11.6. The average Bonchev–Trinajstić information content (AvgIpc) is 1.78. The number of fused-ring (bicyclic) bond motifs is 12. The molecule has 0 saturated carbocycles. The lowest BCUT2D eigenvalue weighted by atomic mass is 9.89. The van der Waals surface area contributed by atoms with Crippen LogP contribution in [0.3, 0.4) is 0 Å². The van der Waals surface area contributed by atoms with Crippen LogP contribution in [0.25, 0.3) is 177 Å². The summed E-state index contributed by atoms with van der Waals surface area (Å²) in [7, 11) is 0. The summed E-state index contributed by atoms with van der Waals surface area (Å²) < 4.78 is 9.48. The lowest BCUT2D eigenvalue weighted by Crippen LogP contribution is -2.05. The van der Waals surface area contributed by atoms with Crippen LogP contribution in [-0.4, -0.2) is 28.2 Å². The molecule has 438 valence electrons. The van der Waals surface area contributed by atoms with E-state index in [0.717, 1.165) is 117 Å². The van der Waals surface area contributed by atoms with Gasteiger partial charge in [-0.2, -0.15) is 0 Å². The van der Waals surface area contributed by atoms with Crippen molar-refractivity contribution in [1.82, 2.24) is 28.2 Å². The van der Waals surface area contributed by atoms with Gasteiger partial charge in [0.05, 0.1) is 55.5 Å². The third-order valence-electron chi connectivity index (χ3n) is 19.2. The molecule has 0 fully saturated rings. The van der Waals surface area contributed by atoms with Crippen molar-refractivity contribution in [3.05, 3.63) is 340 Å². The fourth-order valence-electron chi connectivity index (χ4n) is 15.0. The number of hydrogen-bond donors (Lipinski definition) is 0. The molecule has 5 aromatic heterocycles. The van der Waals surface area contributed by atoms with Gasteiger partial charge in [0.2, 0.25) is 5.95 Å². The summed E-state index contributed by atoms with van der Waals surface area (Å²) >= 11 is 0. The van der Waals surface area contributed by atoms with Crippen LogP contribution in [0.5, 0.6) is 0 Å². The highest BCUT2D eigenvalue weighted by Crippen LogP contribution is 2.44. The SMILES string of the molecule is c1ccc(-c2cccc(-c3cc(-c4cccc(-n5c6ccccc6c6ccc(-c7ccc8c(c7)c7ccccc7n8-c7ccccc7)cc65)c4)nc(-n4c5ccccc5c5ccc(-c6ccc7c(c6)c6ccccc6n7-c6ccccc6)cc54)n3)c2-c2ccccc2)cc1. The predicted molar refractivity (Wildman–Crippen MR) is 392 cm³/mol. The van der Waals surface area contributed by atoms with Crippen LogP contribution < -0.4 is 0 Å². The first-order valence-corrected chi connectivity index (χ1v) is 32.1. The Morgan fingerprint density at radius 3 is 1.09 bits per heavy atom. The number of nitrogens with zero attached hydrogens (tertiary/aromatic N) is 6. The first-order chi connectivity index (χ1) is 46.6. The topological polar surface area (TPSA) is 45.5 Å². The van der Waals surface area contributed by atoms with Crippen LogP contribution in [0.4, 0.5) is 0 Å². The molecule has 0 aliphatic heterocycles. The van der Waals surface area contributed by atoms with E-state index in [1.165, 1.54) is 54.4 Å². The molecule has 14 aromatic carbocycles. The van der Waals surface area contributed by atoms with E-state index in [2.05, 4.69) is 358 Å². The maximum Gasteiger partial charge on any atom is 0.235 e. The number of hydrogen-bond acceptors (Lipinski definition) is 2. The first kappa shape index (κ1) is 53.2. The van der Waals surface area contributed by atoms with Gasteiger partial charge in [0.15, 0.2) is 0 Å². The van der Waals surface area contributed by atoms with Crippen LogP contribution >= 0.6 is 0 Å². The second-order valence-corrected chi connectivity index (χ2v) is 24.5. The molecular weight excluding hydrogens is 1140 g/mol. The number of para-hydroxylation sites is 6. The van der Waals surface area contributed by atoms with Gasteiger partial charge in [-0.3, -0.25) is 4.57 Å². The maximum absolute atomic E-state index is 5.79. The van der Waals surface area contributed by atoms with Gasteiger partial charge >= 0.3 is 0 Å². The smallest absolute Gasteiger partial charge is 0.235 e. The average molecular weight is 1200 g/mol. The van der Waals surface area contributed by atoms with Gasteiger partial charge < -0.3 is 13.7 Å². The second-order valence-electron chi connectivity index (χ2n) is 24.5. The van der Waals surface area contributed by atoms with Crippen LogP contribution in [0, 0.1) is 0 Å². The largest absolute Gasteiger partial charge is 0.309 e. The van der Waals surface area contributed by atoms with Gasteiger partial charge in [-0.05, 0) is 148 Å². The molecule has 0 aliphatic rings. The third kappa shape index (κ3) is 8.51. The molecule has 6 nitrogen and oxygen atoms in total. The number of benzene rings is 14. The Morgan fingerprint density at radius 1 is 0.181 bits per heavy atom. The fourth-order valence-corrected chi connectivity index (χ4v) is 15.0. The van der Waals surface area contributed by atoms with Crippen molar-refractivity contribution in [2.45, 2.75) is 0 Å².